The lowest BCUT2D eigenvalue weighted by Gasteiger charge is -2.18. The number of allylic oxidation sites excluding steroid dienone is 2. The summed E-state index contributed by atoms with van der Waals surface area (Å²) in [6.07, 6.45) is 13.7. The summed E-state index contributed by atoms with van der Waals surface area (Å²) in [5.41, 5.74) is 10.7. The van der Waals surface area contributed by atoms with E-state index >= 15 is 0 Å². The molecule has 0 amide bonds. The molecule has 3 heterocycles. The largest absolute Gasteiger partial charge is 0.337 e. The van der Waals surface area contributed by atoms with Gasteiger partial charge in [0.05, 0.1) is 17.5 Å². The van der Waals surface area contributed by atoms with Gasteiger partial charge in [-0.15, -0.1) is 17.8 Å². The fraction of sp³-hybridized carbons (Fsp3) is 0.163. The quantitative estimate of drug-likeness (QED) is 0.176. The Morgan fingerprint density at radius 3 is 2.43 bits per heavy atom. The van der Waals surface area contributed by atoms with Gasteiger partial charge in [-0.1, -0.05) is 92.6 Å². The topological polar surface area (TPSA) is 9.86 Å². The van der Waals surface area contributed by atoms with Crippen LogP contribution in [0.1, 0.15) is 48.0 Å². The van der Waals surface area contributed by atoms with Crippen LogP contribution in [0.4, 0.5) is 0 Å². The average molecular weight is 611 g/mol. The number of thiophene rings is 1. The van der Waals surface area contributed by atoms with E-state index in [0.29, 0.717) is 6.42 Å². The summed E-state index contributed by atoms with van der Waals surface area (Å²) >= 11 is 1.76. The maximum Gasteiger partial charge on any atom is 0.0538 e. The minimum Gasteiger partial charge on any atom is -0.337 e. The summed E-state index contributed by atoms with van der Waals surface area (Å²) in [6, 6.07) is 30.8. The van der Waals surface area contributed by atoms with Crippen molar-refractivity contribution in [2.45, 2.75) is 40.7 Å². The Bertz CT molecular complexity index is 2530. The van der Waals surface area contributed by atoms with Crippen molar-refractivity contribution in [2.24, 2.45) is 5.41 Å². The second kappa shape index (κ2) is 10.7. The first-order valence-electron chi connectivity index (χ1n) is 15.8. The van der Waals surface area contributed by atoms with Crippen LogP contribution in [0.15, 0.2) is 96.6 Å². The van der Waals surface area contributed by atoms with Crippen LogP contribution in [-0.2, 0) is 13.0 Å². The van der Waals surface area contributed by atoms with Crippen LogP contribution in [0.5, 0.6) is 0 Å². The highest BCUT2D eigenvalue weighted by Crippen LogP contribution is 2.39. The molecule has 4 aromatic carbocycles. The first-order valence-corrected chi connectivity index (χ1v) is 16.6. The van der Waals surface area contributed by atoms with Gasteiger partial charge in [0.2, 0.25) is 0 Å². The first-order chi connectivity index (χ1) is 22.3. The Hall–Kier alpha value is -5.22. The zero-order valence-corrected chi connectivity index (χ0v) is 27.4. The van der Waals surface area contributed by atoms with Gasteiger partial charge in [0.1, 0.15) is 0 Å². The van der Waals surface area contributed by atoms with Crippen molar-refractivity contribution >= 4 is 66.3 Å². The lowest BCUT2D eigenvalue weighted by atomic mass is 9.86. The van der Waals surface area contributed by atoms with Gasteiger partial charge in [-0.25, -0.2) is 0 Å². The molecule has 0 N–H and O–H groups in total. The normalized spacial score (nSPS) is 13.2. The highest BCUT2D eigenvalue weighted by molar-refractivity contribution is 7.20. The van der Waals surface area contributed by atoms with Gasteiger partial charge >= 0.3 is 0 Å². The van der Waals surface area contributed by atoms with Gasteiger partial charge < -0.3 is 9.13 Å². The molecule has 0 aliphatic heterocycles. The molecule has 0 fully saturated rings. The van der Waals surface area contributed by atoms with E-state index in [9.17, 15) is 0 Å². The molecule has 0 bridgehead atoms. The van der Waals surface area contributed by atoms with Gasteiger partial charge in [-0.05, 0) is 67.0 Å². The van der Waals surface area contributed by atoms with E-state index < -0.39 is 0 Å². The van der Waals surface area contributed by atoms with Gasteiger partial charge in [0, 0.05) is 71.2 Å². The summed E-state index contributed by atoms with van der Waals surface area (Å²) in [5.74, 6) is 9.98. The number of para-hydroxylation sites is 2. The SMILES string of the molecule is C#Cc1c(/C=C\Cn2c3ccccc3c3cc(C)ccc32)sc2ccc(-n3c4c(c5ccccc53)C=C(C(C)(C)C)C#CC4)cc12. The zero-order chi connectivity index (χ0) is 31.6. The molecule has 0 spiro atoms. The summed E-state index contributed by atoms with van der Waals surface area (Å²) in [7, 11) is 0. The maximum atomic E-state index is 6.22. The molecule has 0 saturated carbocycles. The average Bonchev–Trinajstić information content (AvgIpc) is 3.59. The van der Waals surface area contributed by atoms with Gasteiger partial charge in [-0.2, -0.15) is 0 Å². The summed E-state index contributed by atoms with van der Waals surface area (Å²) in [5, 5.41) is 4.96. The van der Waals surface area contributed by atoms with Crippen molar-refractivity contribution in [1.29, 1.82) is 0 Å². The number of hydrogen-bond donors (Lipinski definition) is 0. The molecule has 1 aliphatic rings. The third-order valence-electron chi connectivity index (χ3n) is 9.18. The van der Waals surface area contributed by atoms with Crippen LogP contribution in [-0.4, -0.2) is 9.13 Å². The molecule has 1 aliphatic carbocycles. The Morgan fingerprint density at radius 1 is 0.870 bits per heavy atom. The van der Waals surface area contributed by atoms with E-state index in [1.54, 1.807) is 11.3 Å². The Labute approximate surface area is 274 Å². The number of aromatic nitrogens is 2. The molecule has 0 unspecified atom stereocenters. The van der Waals surface area contributed by atoms with Gasteiger partial charge in [-0.3, -0.25) is 0 Å². The fourth-order valence-electron chi connectivity index (χ4n) is 6.89. The highest BCUT2D eigenvalue weighted by atomic mass is 32.1. The lowest BCUT2D eigenvalue weighted by molar-refractivity contribution is 0.525. The van der Waals surface area contributed by atoms with Crippen molar-refractivity contribution in [3.05, 3.63) is 124 Å². The van der Waals surface area contributed by atoms with Crippen molar-refractivity contribution in [1.82, 2.24) is 9.13 Å². The molecule has 0 radical (unpaired) electrons. The Morgan fingerprint density at radius 2 is 1.63 bits per heavy atom. The van der Waals surface area contributed by atoms with Gasteiger partial charge in [0.25, 0.3) is 0 Å². The van der Waals surface area contributed by atoms with E-state index in [4.69, 9.17) is 6.42 Å². The third kappa shape index (κ3) is 4.51. The molecule has 46 heavy (non-hydrogen) atoms. The van der Waals surface area contributed by atoms with Crippen molar-refractivity contribution in [2.75, 3.05) is 0 Å². The molecule has 8 rings (SSSR count). The number of terminal acetylenes is 1. The summed E-state index contributed by atoms with van der Waals surface area (Å²) in [6.45, 7) is 9.63. The second-order valence-corrected chi connectivity index (χ2v) is 14.3. The van der Waals surface area contributed by atoms with Crippen molar-refractivity contribution < 1.29 is 0 Å². The summed E-state index contributed by atoms with van der Waals surface area (Å²) in [4.78, 5) is 1.12. The molecule has 7 aromatic rings. The standard InChI is InChI=1S/C43H34N2S/c1-6-31-36-27-30(45-39-17-10-8-15-33(39)35-26-29(43(3,4)5)13-11-18-40(35)45)21-23-42(36)46-41(31)19-12-24-44-37-16-9-7-14-32(37)34-25-28(2)20-22-38(34)44/h1,7-10,12,14-17,19-23,25-27H,18,24H2,2-5H3/b19-12-. The predicted octanol–water partition coefficient (Wildman–Crippen LogP) is 10.9. The van der Waals surface area contributed by atoms with E-state index in [2.05, 4.69) is 158 Å². The zero-order valence-electron chi connectivity index (χ0n) is 26.6. The van der Waals surface area contributed by atoms with Crippen LogP contribution in [0.25, 0.3) is 60.6 Å². The molecule has 222 valence electrons. The van der Waals surface area contributed by atoms with Crippen LogP contribution < -0.4 is 0 Å². The molecule has 0 saturated heterocycles. The minimum atomic E-state index is -0.0143. The molecule has 3 heteroatoms. The Balaban J connectivity index is 1.21. The fourth-order valence-corrected chi connectivity index (χ4v) is 7.97. The number of hydrogen-bond acceptors (Lipinski definition) is 1. The second-order valence-electron chi connectivity index (χ2n) is 13.2. The monoisotopic (exact) mass is 610 g/mol. The number of nitrogens with zero attached hydrogens (tertiary/aromatic N) is 2. The van der Waals surface area contributed by atoms with Crippen LogP contribution >= 0.6 is 11.3 Å². The van der Waals surface area contributed by atoms with E-state index in [1.165, 1.54) is 59.8 Å². The van der Waals surface area contributed by atoms with E-state index in [0.717, 1.165) is 28.1 Å². The van der Waals surface area contributed by atoms with Crippen LogP contribution in [0.2, 0.25) is 0 Å². The third-order valence-corrected chi connectivity index (χ3v) is 10.3. The smallest absolute Gasteiger partial charge is 0.0538 e. The van der Waals surface area contributed by atoms with E-state index in [-0.39, 0.29) is 5.41 Å². The minimum absolute atomic E-state index is 0.0143. The summed E-state index contributed by atoms with van der Waals surface area (Å²) < 4.78 is 5.98. The number of fused-ring (bicyclic) bond motifs is 7. The van der Waals surface area contributed by atoms with Crippen molar-refractivity contribution in [3.63, 3.8) is 0 Å². The van der Waals surface area contributed by atoms with Crippen LogP contribution in [0, 0.1) is 36.5 Å². The number of aryl methyl sites for hydroxylation is 1. The highest BCUT2D eigenvalue weighted by Gasteiger charge is 2.23. The van der Waals surface area contributed by atoms with Crippen molar-refractivity contribution in [3.8, 4) is 29.9 Å². The predicted molar refractivity (Wildman–Crippen MR) is 199 cm³/mol. The molecule has 3 aromatic heterocycles. The molecular formula is C43H34N2S. The Kier molecular flexibility index (Phi) is 6.57. The number of benzene rings is 4. The van der Waals surface area contributed by atoms with E-state index in [1.807, 2.05) is 0 Å². The first kappa shape index (κ1) is 28.3. The molecule has 2 nitrogen and oxygen atoms in total. The van der Waals surface area contributed by atoms with Crippen LogP contribution in [0.3, 0.4) is 0 Å². The molecule has 0 atom stereocenters. The van der Waals surface area contributed by atoms with Gasteiger partial charge in [0.15, 0.2) is 0 Å². The number of rotatable bonds is 4. The molecular weight excluding hydrogens is 577 g/mol. The maximum absolute atomic E-state index is 6.22. The lowest BCUT2D eigenvalue weighted by Crippen LogP contribution is -2.07.